The van der Waals surface area contributed by atoms with Crippen molar-refractivity contribution < 1.29 is 23.9 Å². The second-order valence-electron chi connectivity index (χ2n) is 15.6. The zero-order valence-electron chi connectivity index (χ0n) is 24.4. The summed E-state index contributed by atoms with van der Waals surface area (Å²) < 4.78 is 12.4. The molecule has 5 heteroatoms. The lowest BCUT2D eigenvalue weighted by atomic mass is 9.30. The molecular weight excluding hydrogens is 464 g/mol. The monoisotopic (exact) mass is 512 g/mol. The van der Waals surface area contributed by atoms with Gasteiger partial charge in [-0.25, -0.2) is 0 Å². The Labute approximate surface area is 223 Å². The highest BCUT2D eigenvalue weighted by molar-refractivity contribution is 5.98. The van der Waals surface area contributed by atoms with Crippen LogP contribution < -0.4 is 0 Å². The first-order valence-corrected chi connectivity index (χ1v) is 15.1. The fourth-order valence-corrected chi connectivity index (χ4v) is 12.2. The summed E-state index contributed by atoms with van der Waals surface area (Å²) in [5.74, 6) is 1.35. The van der Waals surface area contributed by atoms with Crippen molar-refractivity contribution in [1.82, 2.24) is 0 Å². The number of hydrogen-bond acceptors (Lipinski definition) is 5. The summed E-state index contributed by atoms with van der Waals surface area (Å²) in [6, 6.07) is 0. The van der Waals surface area contributed by atoms with E-state index in [1.54, 1.807) is 0 Å². The summed E-state index contributed by atoms with van der Waals surface area (Å²) in [5.41, 5.74) is -2.06. The Balaban J connectivity index is 1.45. The average molecular weight is 513 g/mol. The van der Waals surface area contributed by atoms with Crippen molar-refractivity contribution in [3.8, 4) is 0 Å². The molecule has 2 bridgehead atoms. The van der Waals surface area contributed by atoms with Gasteiger partial charge in [-0.2, -0.15) is 0 Å². The number of Topliss-reactive ketones (excluding diaryl/α,β-unsaturated/α-hetero) is 1. The van der Waals surface area contributed by atoms with Crippen LogP contribution in [0.2, 0.25) is 0 Å². The Hall–Kier alpha value is -1.39. The van der Waals surface area contributed by atoms with Gasteiger partial charge in [-0.15, -0.1) is 0 Å². The van der Waals surface area contributed by atoms with E-state index in [0.29, 0.717) is 24.2 Å². The van der Waals surface area contributed by atoms with Crippen molar-refractivity contribution in [1.29, 1.82) is 0 Å². The minimum absolute atomic E-state index is 0.00180. The maximum atomic E-state index is 14.7. The lowest BCUT2D eigenvalue weighted by Crippen LogP contribution is -2.75. The predicted molar refractivity (Wildman–Crippen MR) is 140 cm³/mol. The summed E-state index contributed by atoms with van der Waals surface area (Å²) in [5, 5.41) is 0. The van der Waals surface area contributed by atoms with E-state index in [2.05, 4.69) is 48.5 Å². The molecule has 1 aliphatic heterocycles. The van der Waals surface area contributed by atoms with E-state index >= 15 is 0 Å². The molecule has 6 fully saturated rings. The lowest BCUT2D eigenvalue weighted by molar-refractivity contribution is -0.273. The second kappa shape index (κ2) is 7.42. The Morgan fingerprint density at radius 2 is 1.59 bits per heavy atom. The van der Waals surface area contributed by atoms with Crippen molar-refractivity contribution >= 4 is 17.7 Å². The van der Waals surface area contributed by atoms with Crippen LogP contribution in [0.15, 0.2) is 0 Å². The number of carbonyl (C=O) groups excluding carboxylic acids is 3. The molecule has 5 aliphatic carbocycles. The molecule has 206 valence electrons. The van der Waals surface area contributed by atoms with E-state index < -0.39 is 11.0 Å². The fourth-order valence-electron chi connectivity index (χ4n) is 12.2. The highest BCUT2D eigenvalue weighted by Crippen LogP contribution is 2.80. The van der Waals surface area contributed by atoms with Crippen molar-refractivity contribution in [2.24, 2.45) is 56.7 Å². The van der Waals surface area contributed by atoms with Gasteiger partial charge in [0.2, 0.25) is 0 Å². The van der Waals surface area contributed by atoms with Gasteiger partial charge in [0, 0.05) is 30.1 Å². The molecule has 5 saturated carbocycles. The van der Waals surface area contributed by atoms with E-state index in [4.69, 9.17) is 9.47 Å². The summed E-state index contributed by atoms with van der Waals surface area (Å²) in [4.78, 5) is 40.4. The molecule has 0 aromatic rings. The SMILES string of the molecule is CC(=O)O[C@H]1CC[C@]2(C)[C@H]3CC(=O)[C@]45OC(=O)[C@@]6(CC[C@@H](C)[C@H](C)[C@H]64)CC[C@@]5(C)[C@]3(C)CC[C@H]2C1(C)C. The van der Waals surface area contributed by atoms with Crippen LogP contribution in [0, 0.1) is 56.7 Å². The molecule has 1 heterocycles. The highest BCUT2D eigenvalue weighted by Gasteiger charge is 2.84. The summed E-state index contributed by atoms with van der Waals surface area (Å²) >= 11 is 0. The number of ketones is 1. The zero-order valence-corrected chi connectivity index (χ0v) is 24.4. The minimum atomic E-state index is -0.977. The molecule has 37 heavy (non-hydrogen) atoms. The average Bonchev–Trinajstić information content (AvgIpc) is 3.03. The van der Waals surface area contributed by atoms with E-state index in [9.17, 15) is 14.4 Å². The van der Waals surface area contributed by atoms with Crippen LogP contribution in [0.25, 0.3) is 0 Å². The Morgan fingerprint density at radius 3 is 2.27 bits per heavy atom. The summed E-state index contributed by atoms with van der Waals surface area (Å²) in [7, 11) is 0. The molecule has 0 radical (unpaired) electrons. The van der Waals surface area contributed by atoms with Crippen molar-refractivity contribution in [3.05, 3.63) is 0 Å². The van der Waals surface area contributed by atoms with Gasteiger partial charge in [-0.1, -0.05) is 48.5 Å². The maximum absolute atomic E-state index is 14.7. The van der Waals surface area contributed by atoms with Crippen LogP contribution in [0.5, 0.6) is 0 Å². The highest BCUT2D eigenvalue weighted by atomic mass is 16.6. The lowest BCUT2D eigenvalue weighted by Gasteiger charge is -2.73. The Kier molecular flexibility index (Phi) is 5.18. The van der Waals surface area contributed by atoms with E-state index in [0.717, 1.165) is 51.4 Å². The molecular formula is C32H48O5. The van der Waals surface area contributed by atoms with Crippen LogP contribution >= 0.6 is 0 Å². The quantitative estimate of drug-likeness (QED) is 0.374. The third-order valence-electron chi connectivity index (χ3n) is 14.4. The van der Waals surface area contributed by atoms with Gasteiger partial charge in [-0.3, -0.25) is 14.4 Å². The molecule has 0 aromatic carbocycles. The first-order valence-electron chi connectivity index (χ1n) is 15.1. The largest absolute Gasteiger partial charge is 0.462 e. The number of hydrogen-bond donors (Lipinski definition) is 0. The van der Waals surface area contributed by atoms with Crippen LogP contribution in [0.4, 0.5) is 0 Å². The minimum Gasteiger partial charge on any atom is -0.462 e. The van der Waals surface area contributed by atoms with Crippen LogP contribution in [-0.2, 0) is 23.9 Å². The maximum Gasteiger partial charge on any atom is 0.313 e. The standard InChI is InChI=1S/C32H48O5/c1-18-9-14-31-16-15-30(8)29(7)13-10-21-27(4,5)24(36-20(3)33)11-12-28(21,6)22(29)17-23(34)32(30,37-26(31)35)25(31)19(18)2/h18-19,21-22,24-25H,9-17H2,1-8H3/t18-,19+,21+,22-,24+,25-,28+,29-,30+,31+,32+/m1/s1. The van der Waals surface area contributed by atoms with E-state index in [1.165, 1.54) is 6.92 Å². The Bertz CT molecular complexity index is 1060. The van der Waals surface area contributed by atoms with E-state index in [-0.39, 0.29) is 57.3 Å². The first-order chi connectivity index (χ1) is 17.1. The number of esters is 2. The third kappa shape index (κ3) is 2.71. The van der Waals surface area contributed by atoms with Crippen LogP contribution in [-0.4, -0.2) is 29.4 Å². The molecule has 0 amide bonds. The fraction of sp³-hybridized carbons (Fsp3) is 0.906. The first kappa shape index (κ1) is 25.9. The van der Waals surface area contributed by atoms with Gasteiger partial charge >= 0.3 is 11.9 Å². The smallest absolute Gasteiger partial charge is 0.313 e. The molecule has 0 aromatic heterocycles. The van der Waals surface area contributed by atoms with Crippen LogP contribution in [0.1, 0.15) is 113 Å². The topological polar surface area (TPSA) is 69.7 Å². The number of carbonyl (C=O) groups is 3. The van der Waals surface area contributed by atoms with Crippen molar-refractivity contribution in [2.75, 3.05) is 0 Å². The molecule has 0 unspecified atom stereocenters. The van der Waals surface area contributed by atoms with Gasteiger partial charge in [0.05, 0.1) is 5.41 Å². The van der Waals surface area contributed by atoms with Gasteiger partial charge in [0.15, 0.2) is 11.4 Å². The molecule has 1 saturated heterocycles. The number of rotatable bonds is 1. The van der Waals surface area contributed by atoms with Gasteiger partial charge < -0.3 is 9.47 Å². The molecule has 0 N–H and O–H groups in total. The second-order valence-corrected chi connectivity index (χ2v) is 15.6. The molecule has 6 aliphatic rings. The normalized spacial score (nSPS) is 55.8. The number of fused-ring (bicyclic) bond motifs is 4. The van der Waals surface area contributed by atoms with Crippen LogP contribution in [0.3, 0.4) is 0 Å². The molecule has 11 atom stereocenters. The molecule has 6 rings (SSSR count). The summed E-state index contributed by atoms with van der Waals surface area (Å²) in [6.45, 7) is 17.9. The van der Waals surface area contributed by atoms with Crippen molar-refractivity contribution in [3.63, 3.8) is 0 Å². The van der Waals surface area contributed by atoms with Gasteiger partial charge in [0.1, 0.15) is 6.10 Å². The third-order valence-corrected chi connectivity index (χ3v) is 14.4. The Morgan fingerprint density at radius 1 is 0.892 bits per heavy atom. The van der Waals surface area contributed by atoms with Gasteiger partial charge in [-0.05, 0) is 85.9 Å². The van der Waals surface area contributed by atoms with Crippen molar-refractivity contribution in [2.45, 2.75) is 125 Å². The molecule has 5 nitrogen and oxygen atoms in total. The van der Waals surface area contributed by atoms with E-state index in [1.807, 2.05) is 0 Å². The number of ether oxygens (including phenoxy) is 2. The van der Waals surface area contributed by atoms with Gasteiger partial charge in [0.25, 0.3) is 0 Å². The predicted octanol–water partition coefficient (Wildman–Crippen LogP) is 6.51. The zero-order chi connectivity index (χ0) is 27.0. The summed E-state index contributed by atoms with van der Waals surface area (Å²) in [6.07, 6.45) is 8.01. The molecule has 1 spiro atoms.